The first-order valence-corrected chi connectivity index (χ1v) is 10.8. The van der Waals surface area contributed by atoms with Gasteiger partial charge in [0.15, 0.2) is 11.5 Å². The zero-order valence-corrected chi connectivity index (χ0v) is 17.0. The van der Waals surface area contributed by atoms with Gasteiger partial charge in [-0.3, -0.25) is 9.59 Å². The number of aromatic nitrogens is 3. The highest BCUT2D eigenvalue weighted by atomic mass is 32.2. The van der Waals surface area contributed by atoms with Crippen molar-refractivity contribution < 1.29 is 9.59 Å². The van der Waals surface area contributed by atoms with Gasteiger partial charge in [0, 0.05) is 18.2 Å². The predicted octanol–water partition coefficient (Wildman–Crippen LogP) is 2.83. The Morgan fingerprint density at radius 3 is 2.75 bits per heavy atom. The molecule has 2 heterocycles. The van der Waals surface area contributed by atoms with Crippen LogP contribution in [-0.2, 0) is 6.42 Å². The first kappa shape index (κ1) is 19.0. The molecule has 148 valence electrons. The van der Waals surface area contributed by atoms with E-state index in [2.05, 4.69) is 29.5 Å². The zero-order valence-electron chi connectivity index (χ0n) is 16.2. The SMILES string of the molecule is CC1(C)CC(=O)c2nnn(-c3ccc(C(N)=O)c(NC4CCSCC4)c3)c2C1. The van der Waals surface area contributed by atoms with Crippen LogP contribution in [0.3, 0.4) is 0 Å². The van der Waals surface area contributed by atoms with Gasteiger partial charge in [-0.15, -0.1) is 5.10 Å². The van der Waals surface area contributed by atoms with E-state index < -0.39 is 5.91 Å². The highest BCUT2D eigenvalue weighted by molar-refractivity contribution is 7.99. The van der Waals surface area contributed by atoms with Crippen LogP contribution in [0.4, 0.5) is 5.69 Å². The molecule has 28 heavy (non-hydrogen) atoms. The number of hydrogen-bond donors (Lipinski definition) is 2. The molecule has 1 aliphatic heterocycles. The molecule has 0 radical (unpaired) electrons. The Morgan fingerprint density at radius 1 is 1.29 bits per heavy atom. The number of benzene rings is 1. The Kier molecular flexibility index (Phi) is 4.91. The van der Waals surface area contributed by atoms with Crippen molar-refractivity contribution in [1.29, 1.82) is 0 Å². The number of fused-ring (bicyclic) bond motifs is 1. The van der Waals surface area contributed by atoms with E-state index in [1.54, 1.807) is 10.7 Å². The molecule has 3 N–H and O–H groups in total. The Labute approximate surface area is 168 Å². The minimum absolute atomic E-state index is 0.0318. The molecule has 0 unspecified atom stereocenters. The quantitative estimate of drug-likeness (QED) is 0.819. The number of ketones is 1. The summed E-state index contributed by atoms with van der Waals surface area (Å²) in [4.78, 5) is 24.3. The fourth-order valence-electron chi connectivity index (χ4n) is 3.98. The third-order valence-corrected chi connectivity index (χ3v) is 6.46. The third kappa shape index (κ3) is 3.65. The van der Waals surface area contributed by atoms with E-state index in [1.807, 2.05) is 23.9 Å². The van der Waals surface area contributed by atoms with Crippen molar-refractivity contribution >= 4 is 29.1 Å². The van der Waals surface area contributed by atoms with Gasteiger partial charge in [-0.1, -0.05) is 19.1 Å². The molecule has 0 bridgehead atoms. The normalized spacial score (nSPS) is 19.3. The molecule has 0 spiro atoms. The lowest BCUT2D eigenvalue weighted by molar-refractivity contribution is 0.0905. The van der Waals surface area contributed by atoms with E-state index in [0.29, 0.717) is 29.4 Å². The lowest BCUT2D eigenvalue weighted by atomic mass is 9.77. The number of Topliss-reactive ketones (excluding diaryl/α,β-unsaturated/α-hetero) is 1. The maximum absolute atomic E-state index is 12.4. The average Bonchev–Trinajstić information content (AvgIpc) is 3.05. The molecule has 1 aliphatic carbocycles. The number of anilines is 1. The van der Waals surface area contributed by atoms with E-state index in [0.717, 1.165) is 42.1 Å². The van der Waals surface area contributed by atoms with Crippen LogP contribution < -0.4 is 11.1 Å². The number of nitrogens with one attached hydrogen (secondary N) is 1. The van der Waals surface area contributed by atoms with Crippen molar-refractivity contribution in [2.45, 2.75) is 45.6 Å². The topological polar surface area (TPSA) is 103 Å². The molecule has 0 atom stereocenters. The van der Waals surface area contributed by atoms with Gasteiger partial charge in [0.2, 0.25) is 0 Å². The number of thioether (sulfide) groups is 1. The summed E-state index contributed by atoms with van der Waals surface area (Å²) in [6.07, 6.45) is 3.30. The van der Waals surface area contributed by atoms with Crippen molar-refractivity contribution in [3.8, 4) is 5.69 Å². The molecule has 1 amide bonds. The van der Waals surface area contributed by atoms with Crippen molar-refractivity contribution in [3.63, 3.8) is 0 Å². The summed E-state index contributed by atoms with van der Waals surface area (Å²) in [5.41, 5.74) is 8.70. The number of amides is 1. The monoisotopic (exact) mass is 399 g/mol. The van der Waals surface area contributed by atoms with Crippen LogP contribution >= 0.6 is 11.8 Å². The Morgan fingerprint density at radius 2 is 2.04 bits per heavy atom. The Bertz CT molecular complexity index is 931. The lowest BCUT2D eigenvalue weighted by Gasteiger charge is -2.28. The van der Waals surface area contributed by atoms with E-state index in [9.17, 15) is 9.59 Å². The summed E-state index contributed by atoms with van der Waals surface area (Å²) in [6, 6.07) is 5.74. The second kappa shape index (κ2) is 7.24. The highest BCUT2D eigenvalue weighted by Crippen LogP contribution is 2.35. The summed E-state index contributed by atoms with van der Waals surface area (Å²) in [5.74, 6) is 1.79. The van der Waals surface area contributed by atoms with Crippen LogP contribution in [0.2, 0.25) is 0 Å². The fourth-order valence-corrected chi connectivity index (χ4v) is 5.08. The van der Waals surface area contributed by atoms with Crippen molar-refractivity contribution in [3.05, 3.63) is 35.2 Å². The van der Waals surface area contributed by atoms with Crippen molar-refractivity contribution in [2.24, 2.45) is 11.1 Å². The molecule has 1 fully saturated rings. The number of hydrogen-bond acceptors (Lipinski definition) is 6. The minimum Gasteiger partial charge on any atom is -0.382 e. The maximum atomic E-state index is 12.4. The summed E-state index contributed by atoms with van der Waals surface area (Å²) >= 11 is 1.95. The van der Waals surface area contributed by atoms with E-state index in [4.69, 9.17) is 5.73 Å². The number of rotatable bonds is 4. The summed E-state index contributed by atoms with van der Waals surface area (Å²) < 4.78 is 1.72. The van der Waals surface area contributed by atoms with Crippen LogP contribution in [0.25, 0.3) is 5.69 Å². The van der Waals surface area contributed by atoms with Gasteiger partial charge < -0.3 is 11.1 Å². The third-order valence-electron chi connectivity index (χ3n) is 5.41. The van der Waals surface area contributed by atoms with Gasteiger partial charge in [-0.2, -0.15) is 11.8 Å². The Hall–Kier alpha value is -2.35. The summed E-state index contributed by atoms with van der Waals surface area (Å²) in [7, 11) is 0. The molecule has 0 saturated carbocycles. The number of primary amides is 1. The van der Waals surface area contributed by atoms with Gasteiger partial charge in [0.05, 0.1) is 16.9 Å². The first-order valence-electron chi connectivity index (χ1n) is 9.60. The molecule has 7 nitrogen and oxygen atoms in total. The number of carbonyl (C=O) groups is 2. The molecule has 1 aromatic carbocycles. The van der Waals surface area contributed by atoms with Crippen molar-refractivity contribution in [2.75, 3.05) is 16.8 Å². The summed E-state index contributed by atoms with van der Waals surface area (Å²) in [6.45, 7) is 4.16. The zero-order chi connectivity index (χ0) is 19.9. The van der Waals surface area contributed by atoms with E-state index in [1.165, 1.54) is 0 Å². The van der Waals surface area contributed by atoms with Crippen LogP contribution in [0, 0.1) is 5.41 Å². The molecular weight excluding hydrogens is 374 g/mol. The van der Waals surface area contributed by atoms with Gasteiger partial charge >= 0.3 is 0 Å². The van der Waals surface area contributed by atoms with Gasteiger partial charge in [-0.25, -0.2) is 4.68 Å². The molecule has 2 aromatic rings. The molecule has 8 heteroatoms. The number of nitrogens with zero attached hydrogens (tertiary/aromatic N) is 3. The molecule has 2 aliphatic rings. The molecular formula is C20H25N5O2S. The molecule has 1 saturated heterocycles. The number of carbonyl (C=O) groups excluding carboxylic acids is 2. The smallest absolute Gasteiger partial charge is 0.250 e. The largest absolute Gasteiger partial charge is 0.382 e. The second-order valence-corrected chi connectivity index (χ2v) is 9.59. The van der Waals surface area contributed by atoms with E-state index in [-0.39, 0.29) is 11.2 Å². The Balaban J connectivity index is 1.72. The fraction of sp³-hybridized carbons (Fsp3) is 0.500. The molecule has 4 rings (SSSR count). The van der Waals surface area contributed by atoms with Gasteiger partial charge in [0.25, 0.3) is 5.91 Å². The second-order valence-electron chi connectivity index (χ2n) is 8.36. The van der Waals surface area contributed by atoms with Crippen LogP contribution in [-0.4, -0.2) is 44.2 Å². The maximum Gasteiger partial charge on any atom is 0.250 e. The van der Waals surface area contributed by atoms with Crippen LogP contribution in [0.5, 0.6) is 0 Å². The van der Waals surface area contributed by atoms with Gasteiger partial charge in [0.1, 0.15) is 0 Å². The first-order chi connectivity index (χ1) is 13.3. The van der Waals surface area contributed by atoms with Crippen LogP contribution in [0.15, 0.2) is 18.2 Å². The van der Waals surface area contributed by atoms with Crippen molar-refractivity contribution in [1.82, 2.24) is 15.0 Å². The molecule has 1 aromatic heterocycles. The number of nitrogens with two attached hydrogens (primary N) is 1. The predicted molar refractivity (Wildman–Crippen MR) is 110 cm³/mol. The van der Waals surface area contributed by atoms with Gasteiger partial charge in [-0.05, 0) is 54.4 Å². The van der Waals surface area contributed by atoms with Crippen LogP contribution in [0.1, 0.15) is 59.7 Å². The highest BCUT2D eigenvalue weighted by Gasteiger charge is 2.35. The van der Waals surface area contributed by atoms with E-state index >= 15 is 0 Å². The average molecular weight is 400 g/mol. The summed E-state index contributed by atoms with van der Waals surface area (Å²) in [5, 5.41) is 11.9. The standard InChI is InChI=1S/C20H25N5O2S/c1-20(2)10-16-18(17(26)11-20)23-24-25(16)13-3-4-14(19(21)27)15(9-13)22-12-5-7-28-8-6-12/h3-4,9,12,22H,5-8,10-11H2,1-2H3,(H2,21,27). The lowest BCUT2D eigenvalue weighted by Crippen LogP contribution is -2.28. The minimum atomic E-state index is -0.462.